The number of likely N-dealkylation sites (N-methyl/N-ethyl adjacent to an activating group) is 1. The molecule has 3 N–H and O–H groups in total. The molecule has 2 fully saturated rings. The van der Waals surface area contributed by atoms with E-state index in [2.05, 4.69) is 27.6 Å². The fourth-order valence-electron chi connectivity index (χ4n) is 4.80. The lowest BCUT2D eigenvalue weighted by atomic mass is 9.85. The molecule has 3 rings (SSSR count). The Morgan fingerprint density at radius 2 is 1.91 bits per heavy atom. The van der Waals surface area contributed by atoms with Crippen molar-refractivity contribution in [2.45, 2.75) is 84.2 Å². The van der Waals surface area contributed by atoms with Crippen molar-refractivity contribution in [1.82, 2.24) is 20.7 Å². The van der Waals surface area contributed by atoms with Crippen LogP contribution < -0.4 is 10.6 Å². The third kappa shape index (κ3) is 7.62. The van der Waals surface area contributed by atoms with Crippen LogP contribution in [-0.2, 0) is 20.8 Å². The van der Waals surface area contributed by atoms with Crippen molar-refractivity contribution < 1.29 is 24.0 Å². The Balaban J connectivity index is 0.00000114. The molecule has 1 saturated carbocycles. The van der Waals surface area contributed by atoms with Gasteiger partial charge in [-0.25, -0.2) is 0 Å². The highest BCUT2D eigenvalue weighted by Crippen LogP contribution is 2.25. The molecule has 9 heteroatoms. The van der Waals surface area contributed by atoms with Crippen LogP contribution in [0.3, 0.4) is 0 Å². The molecule has 1 aliphatic heterocycles. The number of carbonyl (C=O) groups excluding carboxylic acids is 2. The molecule has 180 valence electrons. The van der Waals surface area contributed by atoms with E-state index >= 15 is 0 Å². The van der Waals surface area contributed by atoms with E-state index in [-0.39, 0.29) is 30.2 Å². The molecular formula is C23H38N4O5. The minimum absolute atomic E-state index is 0.0683. The molecule has 1 atom stereocenters. The average Bonchev–Trinajstić information content (AvgIpc) is 3.37. The van der Waals surface area contributed by atoms with E-state index in [0.29, 0.717) is 18.9 Å². The lowest BCUT2D eigenvalue weighted by Gasteiger charge is -2.29. The second kappa shape index (κ2) is 13.2. The van der Waals surface area contributed by atoms with Gasteiger partial charge in [-0.05, 0) is 71.9 Å². The number of hydrogen-bond acceptors (Lipinski definition) is 6. The van der Waals surface area contributed by atoms with Crippen molar-refractivity contribution in [1.29, 1.82) is 0 Å². The summed E-state index contributed by atoms with van der Waals surface area (Å²) >= 11 is 0. The van der Waals surface area contributed by atoms with Gasteiger partial charge in [-0.1, -0.05) is 12.1 Å². The summed E-state index contributed by atoms with van der Waals surface area (Å²) in [5, 5.41) is 17.1. The number of likely N-dealkylation sites (tertiary alicyclic amines) is 1. The first-order chi connectivity index (χ1) is 15.4. The van der Waals surface area contributed by atoms with Crippen LogP contribution >= 0.6 is 0 Å². The van der Waals surface area contributed by atoms with E-state index in [9.17, 15) is 9.59 Å². The van der Waals surface area contributed by atoms with E-state index in [1.54, 1.807) is 0 Å². The molecule has 0 radical (unpaired) electrons. The average molecular weight is 451 g/mol. The van der Waals surface area contributed by atoms with Crippen LogP contribution in [0.4, 0.5) is 0 Å². The molecule has 2 heterocycles. The highest BCUT2D eigenvalue weighted by atomic mass is 16.5. The third-order valence-corrected chi connectivity index (χ3v) is 6.66. The largest absolute Gasteiger partial charge is 0.483 e. The van der Waals surface area contributed by atoms with Gasteiger partial charge in [0.1, 0.15) is 5.76 Å². The number of carbonyl (C=O) groups is 3. The zero-order valence-electron chi connectivity index (χ0n) is 19.6. The van der Waals surface area contributed by atoms with Gasteiger partial charge in [0.2, 0.25) is 11.8 Å². The van der Waals surface area contributed by atoms with E-state index in [1.165, 1.54) is 12.8 Å². The van der Waals surface area contributed by atoms with Crippen LogP contribution in [0, 0.1) is 19.8 Å². The van der Waals surface area contributed by atoms with Crippen LogP contribution in [0.25, 0.3) is 0 Å². The predicted molar refractivity (Wildman–Crippen MR) is 120 cm³/mol. The standard InChI is InChI=1S/C22H36N4O3.CH2O2/c1-4-26-13-5-6-19(26)14-23-22(28)17-7-9-18(10-8-17)24-21(27)12-11-20-15(2)25-29-16(20)3;2-1-3/h17-19H,4-14H2,1-3H3,(H,23,28)(H,24,27);1H,(H,2,3)/t17?,18?,19-;/m0./s1. The van der Waals surface area contributed by atoms with Gasteiger partial charge in [-0.3, -0.25) is 19.3 Å². The minimum atomic E-state index is -0.250. The van der Waals surface area contributed by atoms with Gasteiger partial charge >= 0.3 is 0 Å². The van der Waals surface area contributed by atoms with Crippen molar-refractivity contribution in [3.05, 3.63) is 17.0 Å². The number of nitrogens with zero attached hydrogens (tertiary/aromatic N) is 2. The summed E-state index contributed by atoms with van der Waals surface area (Å²) in [4.78, 5) is 35.7. The van der Waals surface area contributed by atoms with Crippen LogP contribution in [0.5, 0.6) is 0 Å². The maximum absolute atomic E-state index is 12.5. The zero-order chi connectivity index (χ0) is 23.5. The first-order valence-corrected chi connectivity index (χ1v) is 11.7. The molecule has 0 spiro atoms. The van der Waals surface area contributed by atoms with Crippen LogP contribution in [0.15, 0.2) is 4.52 Å². The number of nitrogens with one attached hydrogen (secondary N) is 2. The molecule has 2 aliphatic rings. The Hall–Kier alpha value is -2.42. The molecule has 1 aromatic heterocycles. The molecular weight excluding hydrogens is 412 g/mol. The number of carboxylic acid groups (broad SMARTS) is 1. The lowest BCUT2D eigenvalue weighted by Crippen LogP contribution is -2.44. The zero-order valence-corrected chi connectivity index (χ0v) is 19.6. The van der Waals surface area contributed by atoms with Gasteiger partial charge < -0.3 is 20.3 Å². The molecule has 32 heavy (non-hydrogen) atoms. The fraction of sp³-hybridized carbons (Fsp3) is 0.739. The SMILES string of the molecule is CCN1CCC[C@H]1CNC(=O)C1CCC(NC(=O)CCc2c(C)noc2C)CC1.O=CO. The second-order valence-electron chi connectivity index (χ2n) is 8.69. The quantitative estimate of drug-likeness (QED) is 0.519. The number of amides is 2. The normalized spacial score (nSPS) is 23.2. The molecule has 1 saturated heterocycles. The van der Waals surface area contributed by atoms with E-state index in [1.807, 2.05) is 13.8 Å². The van der Waals surface area contributed by atoms with Crippen LogP contribution in [0.1, 0.15) is 68.9 Å². The van der Waals surface area contributed by atoms with Gasteiger partial charge in [-0.2, -0.15) is 0 Å². The van der Waals surface area contributed by atoms with Crippen molar-refractivity contribution in [3.8, 4) is 0 Å². The summed E-state index contributed by atoms with van der Waals surface area (Å²) in [5.41, 5.74) is 1.89. The maximum atomic E-state index is 12.5. The number of hydrogen-bond donors (Lipinski definition) is 3. The first kappa shape index (κ1) is 25.8. The maximum Gasteiger partial charge on any atom is 0.290 e. The number of rotatable bonds is 8. The monoisotopic (exact) mass is 450 g/mol. The molecule has 0 bridgehead atoms. The summed E-state index contributed by atoms with van der Waals surface area (Å²) in [6.07, 6.45) is 6.96. The molecule has 2 amide bonds. The van der Waals surface area contributed by atoms with Gasteiger partial charge in [0, 0.05) is 36.5 Å². The lowest BCUT2D eigenvalue weighted by molar-refractivity contribution is -0.126. The molecule has 0 aromatic carbocycles. The first-order valence-electron chi connectivity index (χ1n) is 11.7. The number of aromatic nitrogens is 1. The Morgan fingerprint density at radius 3 is 2.50 bits per heavy atom. The molecule has 1 aliphatic carbocycles. The highest BCUT2D eigenvalue weighted by molar-refractivity contribution is 5.79. The highest BCUT2D eigenvalue weighted by Gasteiger charge is 2.29. The molecule has 0 unspecified atom stereocenters. The Labute approximate surface area is 190 Å². The summed E-state index contributed by atoms with van der Waals surface area (Å²) in [7, 11) is 0. The summed E-state index contributed by atoms with van der Waals surface area (Å²) in [6.45, 7) is 8.70. The Morgan fingerprint density at radius 1 is 1.22 bits per heavy atom. The van der Waals surface area contributed by atoms with Gasteiger partial charge in [-0.15, -0.1) is 0 Å². The fourth-order valence-corrected chi connectivity index (χ4v) is 4.80. The van der Waals surface area contributed by atoms with E-state index < -0.39 is 0 Å². The molecule has 9 nitrogen and oxygen atoms in total. The second-order valence-corrected chi connectivity index (χ2v) is 8.69. The van der Waals surface area contributed by atoms with Crippen LogP contribution in [-0.4, -0.2) is 65.2 Å². The molecule has 1 aromatic rings. The van der Waals surface area contributed by atoms with Crippen molar-refractivity contribution in [3.63, 3.8) is 0 Å². The summed E-state index contributed by atoms with van der Waals surface area (Å²) in [6, 6.07) is 0.680. The van der Waals surface area contributed by atoms with Gasteiger partial charge in [0.25, 0.3) is 6.47 Å². The third-order valence-electron chi connectivity index (χ3n) is 6.66. The van der Waals surface area contributed by atoms with Crippen molar-refractivity contribution in [2.75, 3.05) is 19.6 Å². The predicted octanol–water partition coefficient (Wildman–Crippen LogP) is 2.20. The van der Waals surface area contributed by atoms with E-state index in [4.69, 9.17) is 14.4 Å². The number of aryl methyl sites for hydroxylation is 2. The smallest absolute Gasteiger partial charge is 0.290 e. The van der Waals surface area contributed by atoms with Crippen molar-refractivity contribution in [2.24, 2.45) is 5.92 Å². The minimum Gasteiger partial charge on any atom is -0.483 e. The van der Waals surface area contributed by atoms with Crippen molar-refractivity contribution >= 4 is 18.3 Å². The Kier molecular flexibility index (Phi) is 10.7. The Bertz CT molecular complexity index is 723. The van der Waals surface area contributed by atoms with E-state index in [0.717, 1.165) is 62.3 Å². The summed E-state index contributed by atoms with van der Waals surface area (Å²) in [5.74, 6) is 1.14. The topological polar surface area (TPSA) is 125 Å². The van der Waals surface area contributed by atoms with Crippen LogP contribution in [0.2, 0.25) is 0 Å². The van der Waals surface area contributed by atoms with Gasteiger partial charge in [0.05, 0.1) is 5.69 Å². The summed E-state index contributed by atoms with van der Waals surface area (Å²) < 4.78 is 5.15. The van der Waals surface area contributed by atoms with Gasteiger partial charge in [0.15, 0.2) is 0 Å².